The number of nitrogens with zero attached hydrogens (tertiary/aromatic N) is 1. The Labute approximate surface area is 132 Å². The molecule has 0 unspecified atom stereocenters. The fourth-order valence-corrected chi connectivity index (χ4v) is 3.22. The van der Waals surface area contributed by atoms with E-state index in [1.165, 1.54) is 10.1 Å². The summed E-state index contributed by atoms with van der Waals surface area (Å²) in [6, 6.07) is 10.4. The van der Waals surface area contributed by atoms with Gasteiger partial charge in [-0.3, -0.25) is 4.99 Å². The predicted molar refractivity (Wildman–Crippen MR) is 88.3 cm³/mol. The van der Waals surface area contributed by atoms with Gasteiger partial charge in [0.05, 0.1) is 17.7 Å². The van der Waals surface area contributed by atoms with Crippen LogP contribution in [-0.2, 0) is 4.74 Å². The molecule has 109 valence electrons. The number of ether oxygens (including phenoxy) is 1. The first-order chi connectivity index (χ1) is 10.0. The van der Waals surface area contributed by atoms with Gasteiger partial charge in [-0.25, -0.2) is 0 Å². The van der Waals surface area contributed by atoms with Crippen molar-refractivity contribution in [3.8, 4) is 0 Å². The van der Waals surface area contributed by atoms with Crippen molar-refractivity contribution in [2.75, 3.05) is 6.54 Å². The molecule has 1 fully saturated rings. The monoisotopic (exact) mass is 298 g/mol. The normalized spacial score (nSPS) is 24.1. The first-order valence-electron chi connectivity index (χ1n) is 7.24. The van der Waals surface area contributed by atoms with Gasteiger partial charge in [0, 0.05) is 10.3 Å². The molecule has 1 atom stereocenters. The van der Waals surface area contributed by atoms with E-state index < -0.39 is 0 Å². The minimum Gasteiger partial charge on any atom is -0.475 e. The lowest BCUT2D eigenvalue weighted by molar-refractivity contribution is 0.102. The van der Waals surface area contributed by atoms with Crippen molar-refractivity contribution in [3.05, 3.63) is 60.8 Å². The third kappa shape index (κ3) is 3.45. The van der Waals surface area contributed by atoms with Crippen molar-refractivity contribution in [2.45, 2.75) is 31.8 Å². The summed E-state index contributed by atoms with van der Waals surface area (Å²) in [5.41, 5.74) is 0.116. The Morgan fingerprint density at radius 1 is 1.14 bits per heavy atom. The van der Waals surface area contributed by atoms with Crippen LogP contribution >= 0.6 is 11.8 Å². The van der Waals surface area contributed by atoms with Crippen LogP contribution in [0.2, 0.25) is 0 Å². The Morgan fingerprint density at radius 3 is 2.57 bits per heavy atom. The zero-order chi connectivity index (χ0) is 14.9. The fraction of sp³-hybridized carbons (Fsp3) is 0.333. The summed E-state index contributed by atoms with van der Waals surface area (Å²) in [7, 11) is 0. The fourth-order valence-electron chi connectivity index (χ4n) is 2.26. The molecule has 0 bridgehead atoms. The van der Waals surface area contributed by atoms with E-state index in [9.17, 15) is 0 Å². The van der Waals surface area contributed by atoms with E-state index in [-0.39, 0.29) is 11.5 Å². The molecule has 0 spiro atoms. The Bertz CT molecular complexity index is 506. The Kier molecular flexibility index (Phi) is 4.30. The van der Waals surface area contributed by atoms with Crippen molar-refractivity contribution in [1.29, 1.82) is 0 Å². The summed E-state index contributed by atoms with van der Waals surface area (Å²) in [6.45, 7) is 7.34. The summed E-state index contributed by atoms with van der Waals surface area (Å²) in [5, 5.41) is 1.20. The average Bonchev–Trinajstić information content (AvgIpc) is 3.07. The lowest BCUT2D eigenvalue weighted by Gasteiger charge is -2.27. The van der Waals surface area contributed by atoms with Gasteiger partial charge < -0.3 is 4.74 Å². The van der Waals surface area contributed by atoms with Crippen LogP contribution in [0, 0.1) is 35.8 Å². The molecule has 3 heteroatoms. The zero-order valence-corrected chi connectivity index (χ0v) is 13.5. The van der Waals surface area contributed by atoms with Gasteiger partial charge in [0.15, 0.2) is 5.90 Å². The topological polar surface area (TPSA) is 21.6 Å². The van der Waals surface area contributed by atoms with Gasteiger partial charge >= 0.3 is 0 Å². The van der Waals surface area contributed by atoms with Crippen molar-refractivity contribution in [2.24, 2.45) is 10.4 Å². The maximum absolute atomic E-state index is 6.09. The van der Waals surface area contributed by atoms with Crippen molar-refractivity contribution in [3.63, 3.8) is 0 Å². The SMILES string of the molecule is CC(C)(C)[C@H]1CN=C([C]2[CH][CH][CH][C]2Sc2ccccc2)O1. The zero-order valence-electron chi connectivity index (χ0n) is 12.7. The smallest absolute Gasteiger partial charge is 0.193 e. The van der Waals surface area contributed by atoms with Gasteiger partial charge in [-0.05, 0) is 31.4 Å². The van der Waals surface area contributed by atoms with E-state index in [1.807, 2.05) is 6.07 Å². The molecule has 2 aliphatic rings. The second-order valence-electron chi connectivity index (χ2n) is 6.34. The molecule has 21 heavy (non-hydrogen) atoms. The minimum absolute atomic E-state index is 0.116. The molecule has 3 rings (SSSR count). The number of benzene rings is 1. The Morgan fingerprint density at radius 2 is 1.90 bits per heavy atom. The Balaban J connectivity index is 1.65. The molecule has 0 N–H and O–H groups in total. The lowest BCUT2D eigenvalue weighted by atomic mass is 9.89. The standard InChI is InChI=1S/C18H20NOS/c1-18(2,3)16-12-19-17(20-16)14-10-7-11-15(14)21-13-8-5-4-6-9-13/h4-11,16H,12H2,1-3H3/t16-/m1/s1. The van der Waals surface area contributed by atoms with Crippen LogP contribution in [-0.4, -0.2) is 18.5 Å². The number of thioether (sulfide) groups is 1. The highest BCUT2D eigenvalue weighted by Gasteiger charge is 2.40. The summed E-state index contributed by atoms with van der Waals surface area (Å²) in [6.07, 6.45) is 6.45. The molecule has 1 saturated carbocycles. The van der Waals surface area contributed by atoms with Crippen molar-refractivity contribution in [1.82, 2.24) is 0 Å². The van der Waals surface area contributed by atoms with Crippen LogP contribution in [0.3, 0.4) is 0 Å². The van der Waals surface area contributed by atoms with Gasteiger partial charge in [-0.1, -0.05) is 39.0 Å². The van der Waals surface area contributed by atoms with Crippen LogP contribution in [0.1, 0.15) is 20.8 Å². The van der Waals surface area contributed by atoms with Gasteiger partial charge in [0.2, 0.25) is 0 Å². The molecule has 0 saturated heterocycles. The highest BCUT2D eigenvalue weighted by molar-refractivity contribution is 8.02. The quantitative estimate of drug-likeness (QED) is 0.827. The predicted octanol–water partition coefficient (Wildman–Crippen LogP) is 4.36. The molecule has 0 amide bonds. The van der Waals surface area contributed by atoms with Gasteiger partial charge in [-0.15, -0.1) is 11.8 Å². The first kappa shape index (κ1) is 15.0. The number of rotatable bonds is 3. The molecule has 1 aliphatic carbocycles. The summed E-state index contributed by atoms with van der Waals surface area (Å²) < 4.78 is 6.09. The minimum atomic E-state index is 0.116. The van der Waals surface area contributed by atoms with Crippen LogP contribution in [0.15, 0.2) is 40.2 Å². The maximum Gasteiger partial charge on any atom is 0.193 e. The molecular formula is C18H20NOS. The molecule has 5 radical (unpaired) electrons. The van der Waals surface area contributed by atoms with E-state index in [1.54, 1.807) is 11.8 Å². The molecule has 1 aromatic carbocycles. The average molecular weight is 298 g/mol. The number of hydrogen-bond donors (Lipinski definition) is 0. The number of hydrogen-bond acceptors (Lipinski definition) is 3. The highest BCUT2D eigenvalue weighted by Crippen LogP contribution is 2.47. The van der Waals surface area contributed by atoms with Crippen molar-refractivity contribution < 1.29 is 4.74 Å². The largest absolute Gasteiger partial charge is 0.475 e. The molecular weight excluding hydrogens is 278 g/mol. The van der Waals surface area contributed by atoms with E-state index in [0.29, 0.717) is 0 Å². The van der Waals surface area contributed by atoms with Crippen LogP contribution in [0.5, 0.6) is 0 Å². The third-order valence-electron chi connectivity index (χ3n) is 3.60. The van der Waals surface area contributed by atoms with Crippen LogP contribution < -0.4 is 0 Å². The van der Waals surface area contributed by atoms with E-state index in [4.69, 9.17) is 4.74 Å². The molecule has 1 aliphatic heterocycles. The van der Waals surface area contributed by atoms with Crippen LogP contribution in [0.4, 0.5) is 0 Å². The highest BCUT2D eigenvalue weighted by atomic mass is 32.2. The third-order valence-corrected chi connectivity index (χ3v) is 4.68. The molecule has 0 aromatic heterocycles. The molecule has 1 aromatic rings. The summed E-state index contributed by atoms with van der Waals surface area (Å²) in [5.74, 6) is 1.90. The second-order valence-corrected chi connectivity index (χ2v) is 7.45. The van der Waals surface area contributed by atoms with E-state index in [2.05, 4.69) is 69.3 Å². The Hall–Kier alpha value is -0.960. The molecule has 2 nitrogen and oxygen atoms in total. The van der Waals surface area contributed by atoms with Gasteiger partial charge in [0.25, 0.3) is 0 Å². The summed E-state index contributed by atoms with van der Waals surface area (Å²) >= 11 is 1.76. The number of aliphatic imine (C=N–C) groups is 1. The first-order valence-corrected chi connectivity index (χ1v) is 8.06. The van der Waals surface area contributed by atoms with Gasteiger partial charge in [-0.2, -0.15) is 0 Å². The maximum atomic E-state index is 6.09. The second kappa shape index (κ2) is 6.04. The lowest BCUT2D eigenvalue weighted by Crippen LogP contribution is -2.30. The van der Waals surface area contributed by atoms with Crippen molar-refractivity contribution >= 4 is 17.7 Å². The summed E-state index contributed by atoms with van der Waals surface area (Å²) in [4.78, 5) is 5.84. The molecule has 1 heterocycles. The van der Waals surface area contributed by atoms with E-state index in [0.717, 1.165) is 18.4 Å². The van der Waals surface area contributed by atoms with E-state index >= 15 is 0 Å². The van der Waals surface area contributed by atoms with Gasteiger partial charge in [0.1, 0.15) is 6.10 Å². The van der Waals surface area contributed by atoms with Crippen LogP contribution in [0.25, 0.3) is 0 Å².